The molecule has 1 heterocycles. The van der Waals surface area contributed by atoms with Crippen LogP contribution in [0.1, 0.15) is 11.3 Å². The largest absolute Gasteiger partial charge is 0.384 e. The van der Waals surface area contributed by atoms with Crippen molar-refractivity contribution in [1.29, 1.82) is 0 Å². The maximum atomic E-state index is 12.0. The Hall–Kier alpha value is -1.92. The Kier molecular flexibility index (Phi) is 5.09. The number of nitrogen functional groups attached to an aromatic ring is 1. The third-order valence-electron chi connectivity index (χ3n) is 2.78. The molecule has 0 aliphatic rings. The van der Waals surface area contributed by atoms with Gasteiger partial charge in [-0.25, -0.2) is 4.98 Å². The molecule has 0 aliphatic carbocycles. The van der Waals surface area contributed by atoms with Crippen molar-refractivity contribution in [2.45, 2.75) is 12.8 Å². The minimum absolute atomic E-state index is 0.0971. The molecule has 0 aliphatic heterocycles. The molecule has 0 radical (unpaired) electrons. The van der Waals surface area contributed by atoms with Crippen LogP contribution in [0.4, 0.5) is 10.8 Å². The maximum Gasteiger partial charge on any atom is 0.230 e. The molecule has 20 heavy (non-hydrogen) atoms. The van der Waals surface area contributed by atoms with Crippen LogP contribution in [0.5, 0.6) is 0 Å². The van der Waals surface area contributed by atoms with Crippen molar-refractivity contribution in [3.8, 4) is 0 Å². The highest BCUT2D eigenvalue weighted by molar-refractivity contribution is 7.13. The Bertz CT molecular complexity index is 583. The summed E-state index contributed by atoms with van der Waals surface area (Å²) in [5.41, 5.74) is 8.11. The van der Waals surface area contributed by atoms with Crippen molar-refractivity contribution in [3.63, 3.8) is 0 Å². The molecule has 106 valence electrons. The van der Waals surface area contributed by atoms with E-state index >= 15 is 0 Å². The first-order valence-corrected chi connectivity index (χ1v) is 7.13. The number of hydrogen-bond acceptors (Lipinski definition) is 5. The second-order valence-electron chi connectivity index (χ2n) is 4.30. The molecule has 6 heteroatoms. The third kappa shape index (κ3) is 4.04. The van der Waals surface area contributed by atoms with Crippen molar-refractivity contribution < 1.29 is 9.53 Å². The SMILES string of the molecule is COCCc1ccccc1NC(=O)Cc1csc(N)n1. The van der Waals surface area contributed by atoms with E-state index in [4.69, 9.17) is 10.5 Å². The van der Waals surface area contributed by atoms with E-state index in [1.807, 2.05) is 24.3 Å². The molecule has 0 atom stereocenters. The molecule has 0 fully saturated rings. The first kappa shape index (κ1) is 14.5. The Labute approximate surface area is 121 Å². The van der Waals surface area contributed by atoms with E-state index in [9.17, 15) is 4.79 Å². The normalized spacial score (nSPS) is 10.4. The fourth-order valence-corrected chi connectivity index (χ4v) is 2.40. The Morgan fingerprint density at radius 3 is 2.95 bits per heavy atom. The van der Waals surface area contributed by atoms with Crippen LogP contribution in [0.25, 0.3) is 0 Å². The number of para-hydroxylation sites is 1. The molecule has 0 saturated carbocycles. The average Bonchev–Trinajstić information content (AvgIpc) is 2.83. The van der Waals surface area contributed by atoms with E-state index in [2.05, 4.69) is 10.3 Å². The van der Waals surface area contributed by atoms with E-state index in [1.165, 1.54) is 11.3 Å². The molecule has 5 nitrogen and oxygen atoms in total. The van der Waals surface area contributed by atoms with Crippen molar-refractivity contribution in [1.82, 2.24) is 4.98 Å². The van der Waals surface area contributed by atoms with Crippen LogP contribution in [-0.2, 0) is 22.4 Å². The predicted molar refractivity (Wildman–Crippen MR) is 80.9 cm³/mol. The standard InChI is InChI=1S/C14H17N3O2S/c1-19-7-6-10-4-2-3-5-12(10)17-13(18)8-11-9-20-14(15)16-11/h2-5,9H,6-8H2,1H3,(H2,15,16)(H,17,18). The summed E-state index contributed by atoms with van der Waals surface area (Å²) in [5, 5.41) is 5.18. The number of hydrogen-bond donors (Lipinski definition) is 2. The zero-order chi connectivity index (χ0) is 14.4. The van der Waals surface area contributed by atoms with Crippen LogP contribution in [-0.4, -0.2) is 24.6 Å². The number of carbonyl (C=O) groups excluding carboxylic acids is 1. The van der Waals surface area contributed by atoms with Gasteiger partial charge in [-0.05, 0) is 18.1 Å². The van der Waals surface area contributed by atoms with Crippen LogP contribution < -0.4 is 11.1 Å². The fraction of sp³-hybridized carbons (Fsp3) is 0.286. The number of carbonyl (C=O) groups is 1. The number of anilines is 2. The number of thiazole rings is 1. The monoisotopic (exact) mass is 291 g/mol. The summed E-state index contributed by atoms with van der Waals surface area (Å²) in [4.78, 5) is 16.1. The zero-order valence-corrected chi connectivity index (χ0v) is 12.1. The van der Waals surface area contributed by atoms with Gasteiger partial charge < -0.3 is 15.8 Å². The topological polar surface area (TPSA) is 77.2 Å². The predicted octanol–water partition coefficient (Wildman–Crippen LogP) is 2.10. The number of rotatable bonds is 6. The van der Waals surface area contributed by atoms with E-state index in [0.29, 0.717) is 17.4 Å². The van der Waals surface area contributed by atoms with Crippen molar-refractivity contribution in [3.05, 3.63) is 40.9 Å². The van der Waals surface area contributed by atoms with Gasteiger partial charge in [-0.1, -0.05) is 18.2 Å². The highest BCUT2D eigenvalue weighted by atomic mass is 32.1. The van der Waals surface area contributed by atoms with E-state index in [0.717, 1.165) is 17.7 Å². The van der Waals surface area contributed by atoms with Gasteiger partial charge in [-0.3, -0.25) is 4.79 Å². The molecular formula is C14H17N3O2S. The van der Waals surface area contributed by atoms with Gasteiger partial charge in [0.1, 0.15) is 0 Å². The van der Waals surface area contributed by atoms with Crippen molar-refractivity contribution >= 4 is 28.1 Å². The van der Waals surface area contributed by atoms with Gasteiger partial charge in [0, 0.05) is 18.2 Å². The average molecular weight is 291 g/mol. The van der Waals surface area contributed by atoms with Gasteiger partial charge in [-0.2, -0.15) is 0 Å². The third-order valence-corrected chi connectivity index (χ3v) is 3.50. The molecule has 0 unspecified atom stereocenters. The Balaban J connectivity index is 2.00. The zero-order valence-electron chi connectivity index (χ0n) is 11.3. The first-order valence-electron chi connectivity index (χ1n) is 6.25. The van der Waals surface area contributed by atoms with Crippen LogP contribution >= 0.6 is 11.3 Å². The van der Waals surface area contributed by atoms with Crippen molar-refractivity contribution in [2.75, 3.05) is 24.8 Å². The smallest absolute Gasteiger partial charge is 0.230 e. The summed E-state index contributed by atoms with van der Waals surface area (Å²) in [6.45, 7) is 0.621. The van der Waals surface area contributed by atoms with Gasteiger partial charge in [0.15, 0.2) is 5.13 Å². The second-order valence-corrected chi connectivity index (χ2v) is 5.19. The molecule has 2 aromatic rings. The molecule has 1 amide bonds. The lowest BCUT2D eigenvalue weighted by Crippen LogP contribution is -2.16. The minimum atomic E-state index is -0.0971. The Morgan fingerprint density at radius 1 is 1.45 bits per heavy atom. The molecule has 1 aromatic carbocycles. The quantitative estimate of drug-likeness (QED) is 0.854. The molecule has 0 saturated heterocycles. The summed E-state index contributed by atoms with van der Waals surface area (Å²) in [6, 6.07) is 7.71. The number of nitrogens with zero attached hydrogens (tertiary/aromatic N) is 1. The number of ether oxygens (including phenoxy) is 1. The number of benzene rings is 1. The van der Waals surface area contributed by atoms with Crippen LogP contribution in [0, 0.1) is 0 Å². The highest BCUT2D eigenvalue weighted by Crippen LogP contribution is 2.17. The fourth-order valence-electron chi connectivity index (χ4n) is 1.84. The lowest BCUT2D eigenvalue weighted by molar-refractivity contribution is -0.115. The highest BCUT2D eigenvalue weighted by Gasteiger charge is 2.09. The second kappa shape index (κ2) is 7.02. The number of aromatic nitrogens is 1. The molecule has 0 bridgehead atoms. The van der Waals surface area contributed by atoms with Crippen LogP contribution in [0.3, 0.4) is 0 Å². The van der Waals surface area contributed by atoms with E-state index in [1.54, 1.807) is 12.5 Å². The van der Waals surface area contributed by atoms with Crippen LogP contribution in [0.2, 0.25) is 0 Å². The van der Waals surface area contributed by atoms with Gasteiger partial charge in [-0.15, -0.1) is 11.3 Å². The summed E-state index contributed by atoms with van der Waals surface area (Å²) in [6.07, 6.45) is 0.989. The summed E-state index contributed by atoms with van der Waals surface area (Å²) in [7, 11) is 1.66. The number of amides is 1. The summed E-state index contributed by atoms with van der Waals surface area (Å²) in [5.74, 6) is -0.0971. The maximum absolute atomic E-state index is 12.0. The molecule has 1 aromatic heterocycles. The molecule has 3 N–H and O–H groups in total. The minimum Gasteiger partial charge on any atom is -0.384 e. The molecule has 0 spiro atoms. The number of nitrogens with one attached hydrogen (secondary N) is 1. The van der Waals surface area contributed by atoms with Gasteiger partial charge in [0.05, 0.1) is 18.7 Å². The van der Waals surface area contributed by atoms with E-state index < -0.39 is 0 Å². The van der Waals surface area contributed by atoms with Crippen LogP contribution in [0.15, 0.2) is 29.6 Å². The van der Waals surface area contributed by atoms with Gasteiger partial charge in [0.2, 0.25) is 5.91 Å². The lowest BCUT2D eigenvalue weighted by atomic mass is 10.1. The number of nitrogens with two attached hydrogens (primary N) is 1. The lowest BCUT2D eigenvalue weighted by Gasteiger charge is -2.10. The van der Waals surface area contributed by atoms with E-state index in [-0.39, 0.29) is 12.3 Å². The van der Waals surface area contributed by atoms with Gasteiger partial charge >= 0.3 is 0 Å². The van der Waals surface area contributed by atoms with Gasteiger partial charge in [0.25, 0.3) is 0 Å². The Morgan fingerprint density at radius 2 is 2.25 bits per heavy atom. The van der Waals surface area contributed by atoms with Crippen molar-refractivity contribution in [2.24, 2.45) is 0 Å². The molecular weight excluding hydrogens is 274 g/mol. The number of methoxy groups -OCH3 is 1. The summed E-state index contributed by atoms with van der Waals surface area (Å²) >= 11 is 1.34. The first-order chi connectivity index (χ1) is 9.69. The molecule has 2 rings (SSSR count). The summed E-state index contributed by atoms with van der Waals surface area (Å²) < 4.78 is 5.07.